The Morgan fingerprint density at radius 2 is 1.80 bits per heavy atom. The van der Waals surface area contributed by atoms with Gasteiger partial charge in [-0.05, 0) is 61.2 Å². The van der Waals surface area contributed by atoms with Crippen LogP contribution >= 0.6 is 0 Å². The molecule has 0 aliphatic rings. The Bertz CT molecular complexity index is 751. The van der Waals surface area contributed by atoms with Gasteiger partial charge in [0, 0.05) is 6.04 Å². The minimum absolute atomic E-state index is 0.0199. The average molecular weight is 341 g/mol. The molecule has 1 amide bonds. The van der Waals surface area contributed by atoms with Gasteiger partial charge in [0.05, 0.1) is 5.56 Å². The van der Waals surface area contributed by atoms with Crippen LogP contribution in [0, 0.1) is 0 Å². The highest BCUT2D eigenvalue weighted by atomic mass is 16.5. The van der Waals surface area contributed by atoms with E-state index < -0.39 is 5.97 Å². The number of benzene rings is 2. The van der Waals surface area contributed by atoms with E-state index >= 15 is 0 Å². The van der Waals surface area contributed by atoms with Crippen LogP contribution in [0.25, 0.3) is 11.1 Å². The van der Waals surface area contributed by atoms with Crippen LogP contribution < -0.4 is 10.1 Å². The molecular weight excluding hydrogens is 318 g/mol. The lowest BCUT2D eigenvalue weighted by atomic mass is 9.97. The van der Waals surface area contributed by atoms with E-state index in [4.69, 9.17) is 9.84 Å². The zero-order chi connectivity index (χ0) is 18.4. The molecule has 5 heteroatoms. The first-order valence-electron chi connectivity index (χ1n) is 8.29. The fourth-order valence-electron chi connectivity index (χ4n) is 2.54. The third-order valence-electron chi connectivity index (χ3n) is 3.72. The molecule has 0 unspecified atom stereocenters. The van der Waals surface area contributed by atoms with E-state index in [9.17, 15) is 9.59 Å². The predicted octanol–water partition coefficient (Wildman–Crippen LogP) is 3.52. The molecule has 0 aliphatic carbocycles. The Hall–Kier alpha value is -2.82. The second-order valence-electron chi connectivity index (χ2n) is 6.07. The fourth-order valence-corrected chi connectivity index (χ4v) is 2.54. The van der Waals surface area contributed by atoms with E-state index in [-0.39, 0.29) is 24.1 Å². The highest BCUT2D eigenvalue weighted by Crippen LogP contribution is 2.28. The largest absolute Gasteiger partial charge is 0.484 e. The molecule has 0 bridgehead atoms. The summed E-state index contributed by atoms with van der Waals surface area (Å²) in [5, 5.41) is 11.8. The number of hydrogen-bond acceptors (Lipinski definition) is 3. The first kappa shape index (κ1) is 18.5. The first-order chi connectivity index (χ1) is 11.9. The van der Waals surface area contributed by atoms with Gasteiger partial charge in [-0.25, -0.2) is 4.79 Å². The van der Waals surface area contributed by atoms with Gasteiger partial charge in [-0.15, -0.1) is 0 Å². The van der Waals surface area contributed by atoms with Gasteiger partial charge in [-0.2, -0.15) is 0 Å². The minimum atomic E-state index is -0.939. The third-order valence-corrected chi connectivity index (χ3v) is 3.72. The number of amides is 1. The van der Waals surface area contributed by atoms with Gasteiger partial charge in [0.25, 0.3) is 5.91 Å². The maximum absolute atomic E-state index is 11.7. The monoisotopic (exact) mass is 341 g/mol. The molecule has 0 aromatic heterocycles. The van der Waals surface area contributed by atoms with E-state index in [2.05, 4.69) is 5.32 Å². The summed E-state index contributed by atoms with van der Waals surface area (Å²) in [6.07, 6.45) is 0.797. The smallest absolute Gasteiger partial charge is 0.335 e. The van der Waals surface area contributed by atoms with Gasteiger partial charge in [-0.1, -0.05) is 25.1 Å². The Kier molecular flexibility index (Phi) is 6.17. The zero-order valence-corrected chi connectivity index (χ0v) is 14.7. The number of carbonyl (C=O) groups is 2. The summed E-state index contributed by atoms with van der Waals surface area (Å²) >= 11 is 0. The number of ether oxygens (including phenoxy) is 1. The molecule has 0 heterocycles. The lowest BCUT2D eigenvalue weighted by Crippen LogP contribution is -2.34. The van der Waals surface area contributed by atoms with Crippen LogP contribution in [0.15, 0.2) is 42.5 Å². The van der Waals surface area contributed by atoms with E-state index in [0.29, 0.717) is 5.75 Å². The summed E-state index contributed by atoms with van der Waals surface area (Å²) in [6, 6.07) is 12.5. The number of rotatable bonds is 7. The Balaban J connectivity index is 2.16. The number of aromatic carboxylic acids is 1. The van der Waals surface area contributed by atoms with Crippen molar-refractivity contribution in [3.05, 3.63) is 53.6 Å². The van der Waals surface area contributed by atoms with Gasteiger partial charge < -0.3 is 15.2 Å². The molecule has 0 spiro atoms. The van der Waals surface area contributed by atoms with Crippen molar-refractivity contribution in [3.63, 3.8) is 0 Å². The second-order valence-corrected chi connectivity index (χ2v) is 6.07. The van der Waals surface area contributed by atoms with Crippen LogP contribution in [-0.2, 0) is 11.2 Å². The van der Waals surface area contributed by atoms with E-state index in [0.717, 1.165) is 23.1 Å². The van der Waals surface area contributed by atoms with Crippen molar-refractivity contribution in [2.75, 3.05) is 6.61 Å². The molecule has 132 valence electrons. The zero-order valence-electron chi connectivity index (χ0n) is 14.7. The number of aryl methyl sites for hydroxylation is 1. The molecule has 2 N–H and O–H groups in total. The standard InChI is InChI=1S/C20H23NO4/c1-4-14-11-17(25-12-19(22)21-13(2)3)9-10-18(14)15-5-7-16(8-6-15)20(23)24/h5-11,13H,4,12H2,1-3H3,(H,21,22)(H,23,24). The van der Waals surface area contributed by atoms with Gasteiger partial charge in [-0.3, -0.25) is 4.79 Å². The van der Waals surface area contributed by atoms with Crippen molar-refractivity contribution in [1.29, 1.82) is 0 Å². The maximum atomic E-state index is 11.7. The molecule has 0 fully saturated rings. The summed E-state index contributed by atoms with van der Waals surface area (Å²) in [7, 11) is 0. The van der Waals surface area contributed by atoms with Crippen molar-refractivity contribution in [2.24, 2.45) is 0 Å². The predicted molar refractivity (Wildman–Crippen MR) is 97.0 cm³/mol. The van der Waals surface area contributed by atoms with Crippen LogP contribution in [0.4, 0.5) is 0 Å². The average Bonchev–Trinajstić information content (AvgIpc) is 2.59. The van der Waals surface area contributed by atoms with Crippen LogP contribution in [0.5, 0.6) is 5.75 Å². The molecule has 0 radical (unpaired) electrons. The van der Waals surface area contributed by atoms with Crippen molar-refractivity contribution >= 4 is 11.9 Å². The van der Waals surface area contributed by atoms with E-state index in [1.54, 1.807) is 24.3 Å². The topological polar surface area (TPSA) is 75.6 Å². The van der Waals surface area contributed by atoms with Crippen molar-refractivity contribution < 1.29 is 19.4 Å². The van der Waals surface area contributed by atoms with E-state index in [1.807, 2.05) is 39.0 Å². The summed E-state index contributed by atoms with van der Waals surface area (Å²) in [5.74, 6) is -0.450. The molecule has 2 rings (SSSR count). The fraction of sp³-hybridized carbons (Fsp3) is 0.300. The molecule has 0 aliphatic heterocycles. The van der Waals surface area contributed by atoms with Gasteiger partial charge >= 0.3 is 5.97 Å². The van der Waals surface area contributed by atoms with Crippen LogP contribution in [0.3, 0.4) is 0 Å². The Morgan fingerprint density at radius 3 is 2.36 bits per heavy atom. The lowest BCUT2D eigenvalue weighted by molar-refractivity contribution is -0.123. The summed E-state index contributed by atoms with van der Waals surface area (Å²) < 4.78 is 5.56. The normalized spacial score (nSPS) is 10.6. The molecule has 2 aromatic rings. The Labute approximate surface area is 147 Å². The molecule has 5 nitrogen and oxygen atoms in total. The SMILES string of the molecule is CCc1cc(OCC(=O)NC(C)C)ccc1-c1ccc(C(=O)O)cc1. The minimum Gasteiger partial charge on any atom is -0.484 e. The number of nitrogens with one attached hydrogen (secondary N) is 1. The highest BCUT2D eigenvalue weighted by molar-refractivity contribution is 5.88. The molecule has 25 heavy (non-hydrogen) atoms. The summed E-state index contributed by atoms with van der Waals surface area (Å²) in [5.41, 5.74) is 3.31. The van der Waals surface area contributed by atoms with Crippen LogP contribution in [0.2, 0.25) is 0 Å². The van der Waals surface area contributed by atoms with Crippen LogP contribution in [0.1, 0.15) is 36.7 Å². The number of carboxylic acids is 1. The van der Waals surface area contributed by atoms with Crippen LogP contribution in [-0.4, -0.2) is 29.6 Å². The Morgan fingerprint density at radius 1 is 1.12 bits per heavy atom. The third kappa shape index (κ3) is 5.08. The number of carbonyl (C=O) groups excluding carboxylic acids is 1. The van der Waals surface area contributed by atoms with Crippen molar-refractivity contribution in [1.82, 2.24) is 5.32 Å². The van der Waals surface area contributed by atoms with Crippen molar-refractivity contribution in [3.8, 4) is 16.9 Å². The van der Waals surface area contributed by atoms with Crippen molar-refractivity contribution in [2.45, 2.75) is 33.2 Å². The molecular formula is C20H23NO4. The van der Waals surface area contributed by atoms with E-state index in [1.165, 1.54) is 0 Å². The first-order valence-corrected chi connectivity index (χ1v) is 8.29. The quantitative estimate of drug-likeness (QED) is 0.808. The number of hydrogen-bond donors (Lipinski definition) is 2. The summed E-state index contributed by atoms with van der Waals surface area (Å²) in [6.45, 7) is 5.82. The highest BCUT2D eigenvalue weighted by Gasteiger charge is 2.09. The van der Waals surface area contributed by atoms with Gasteiger partial charge in [0.2, 0.25) is 0 Å². The lowest BCUT2D eigenvalue weighted by Gasteiger charge is -2.13. The van der Waals surface area contributed by atoms with Gasteiger partial charge in [0.1, 0.15) is 5.75 Å². The molecule has 0 atom stereocenters. The second kappa shape index (κ2) is 8.33. The number of carboxylic acid groups (broad SMARTS) is 1. The maximum Gasteiger partial charge on any atom is 0.335 e. The van der Waals surface area contributed by atoms with Gasteiger partial charge in [0.15, 0.2) is 6.61 Å². The molecule has 0 saturated carbocycles. The summed E-state index contributed by atoms with van der Waals surface area (Å²) in [4.78, 5) is 22.6. The molecule has 2 aromatic carbocycles. The molecule has 0 saturated heterocycles.